The van der Waals surface area contributed by atoms with Crippen molar-refractivity contribution in [1.82, 2.24) is 5.32 Å². The van der Waals surface area contributed by atoms with Crippen LogP contribution in [0.4, 0.5) is 0 Å². The van der Waals surface area contributed by atoms with Crippen LogP contribution in [0.15, 0.2) is 0 Å². The molecule has 1 aliphatic heterocycles. The Morgan fingerprint density at radius 2 is 1.44 bits per heavy atom. The summed E-state index contributed by atoms with van der Waals surface area (Å²) in [6, 6.07) is -0.157. The van der Waals surface area contributed by atoms with Gasteiger partial charge in [-0.3, -0.25) is 9.59 Å². The van der Waals surface area contributed by atoms with Crippen molar-refractivity contribution in [2.45, 2.75) is 60.4 Å². The number of piperidine rings is 1. The van der Waals surface area contributed by atoms with Crippen LogP contribution < -0.4 is 5.32 Å². The number of carbonyl (C=O) groups is 2. The van der Waals surface area contributed by atoms with Crippen molar-refractivity contribution >= 4 is 11.6 Å². The van der Waals surface area contributed by atoms with E-state index in [9.17, 15) is 9.59 Å². The lowest BCUT2D eigenvalue weighted by molar-refractivity contribution is -0.134. The predicted molar refractivity (Wildman–Crippen MR) is 73.4 cm³/mol. The molecule has 18 heavy (non-hydrogen) atoms. The number of hydrogen-bond acceptors (Lipinski definition) is 3. The molecule has 1 fully saturated rings. The molecule has 2 atom stereocenters. The molecular formula is C15H27NO2. The summed E-state index contributed by atoms with van der Waals surface area (Å²) >= 11 is 0. The summed E-state index contributed by atoms with van der Waals surface area (Å²) in [5.41, 5.74) is -0.651. The van der Waals surface area contributed by atoms with Gasteiger partial charge in [0.25, 0.3) is 0 Å². The second-order valence-electron chi connectivity index (χ2n) is 7.46. The summed E-state index contributed by atoms with van der Waals surface area (Å²) in [6.07, 6.45) is 1.51. The lowest BCUT2D eigenvalue weighted by Crippen LogP contribution is -2.50. The van der Waals surface area contributed by atoms with E-state index in [1.165, 1.54) is 0 Å². The van der Waals surface area contributed by atoms with E-state index in [1.54, 1.807) is 0 Å². The van der Waals surface area contributed by atoms with Crippen molar-refractivity contribution in [3.63, 3.8) is 0 Å². The minimum Gasteiger partial charge on any atom is -0.307 e. The molecule has 0 spiro atoms. The molecule has 0 saturated carbocycles. The zero-order valence-electron chi connectivity index (χ0n) is 12.6. The number of carbonyl (C=O) groups excluding carboxylic acids is 2. The molecule has 1 aliphatic rings. The standard InChI is InChI=1S/C15H27NO2/c1-14(2,3)12(17)10-7-8-16-11(9-10)13(18)15(4,5)6/h10-11,16H,7-9H2,1-6H3/t10-,11+/m1/s1. The van der Waals surface area contributed by atoms with E-state index in [0.717, 1.165) is 13.0 Å². The fourth-order valence-corrected chi connectivity index (χ4v) is 2.49. The molecule has 0 radical (unpaired) electrons. The third-order valence-corrected chi connectivity index (χ3v) is 3.57. The number of rotatable bonds is 2. The Kier molecular flexibility index (Phi) is 4.37. The van der Waals surface area contributed by atoms with Gasteiger partial charge in [0.1, 0.15) is 5.78 Å². The van der Waals surface area contributed by atoms with Gasteiger partial charge in [-0.15, -0.1) is 0 Å². The molecule has 1 rings (SSSR count). The van der Waals surface area contributed by atoms with Gasteiger partial charge < -0.3 is 5.32 Å². The molecule has 104 valence electrons. The van der Waals surface area contributed by atoms with Crippen LogP contribution in [0.5, 0.6) is 0 Å². The number of ketones is 2. The van der Waals surface area contributed by atoms with E-state index in [-0.39, 0.29) is 34.4 Å². The Morgan fingerprint density at radius 3 is 1.89 bits per heavy atom. The molecular weight excluding hydrogens is 226 g/mol. The number of Topliss-reactive ketones (excluding diaryl/α,β-unsaturated/α-hetero) is 2. The molecule has 0 bridgehead atoms. The van der Waals surface area contributed by atoms with Gasteiger partial charge >= 0.3 is 0 Å². The van der Waals surface area contributed by atoms with Crippen LogP contribution in [0.3, 0.4) is 0 Å². The van der Waals surface area contributed by atoms with Crippen molar-refractivity contribution < 1.29 is 9.59 Å². The van der Waals surface area contributed by atoms with Gasteiger partial charge in [-0.1, -0.05) is 41.5 Å². The Bertz CT molecular complexity index is 301. The molecule has 0 aromatic carbocycles. The van der Waals surface area contributed by atoms with Gasteiger partial charge in [0.2, 0.25) is 0 Å². The lowest BCUT2D eigenvalue weighted by atomic mass is 9.74. The second-order valence-corrected chi connectivity index (χ2v) is 7.46. The van der Waals surface area contributed by atoms with Crippen molar-refractivity contribution in [2.75, 3.05) is 6.54 Å². The summed E-state index contributed by atoms with van der Waals surface area (Å²) in [5.74, 6) is 0.534. The molecule has 0 aromatic heterocycles. The van der Waals surface area contributed by atoms with Crippen LogP contribution in [0.25, 0.3) is 0 Å². The first-order valence-electron chi connectivity index (χ1n) is 6.85. The maximum Gasteiger partial charge on any atom is 0.155 e. The zero-order chi connectivity index (χ0) is 14.1. The van der Waals surface area contributed by atoms with Crippen molar-refractivity contribution in [3.05, 3.63) is 0 Å². The summed E-state index contributed by atoms with van der Waals surface area (Å²) in [7, 11) is 0. The average Bonchev–Trinajstić information content (AvgIpc) is 2.24. The monoisotopic (exact) mass is 253 g/mol. The molecule has 0 aromatic rings. The SMILES string of the molecule is CC(C)(C)C(=O)[C@@H]1CCN[C@H](C(=O)C(C)(C)C)C1. The third kappa shape index (κ3) is 3.64. The largest absolute Gasteiger partial charge is 0.307 e. The Balaban J connectivity index is 2.74. The van der Waals surface area contributed by atoms with Crippen LogP contribution in [0.1, 0.15) is 54.4 Å². The Labute approximate surface area is 111 Å². The minimum absolute atomic E-state index is 0.0301. The van der Waals surface area contributed by atoms with Gasteiger partial charge in [-0.25, -0.2) is 0 Å². The van der Waals surface area contributed by atoms with Gasteiger partial charge in [0.15, 0.2) is 5.78 Å². The lowest BCUT2D eigenvalue weighted by Gasteiger charge is -2.34. The van der Waals surface area contributed by atoms with Crippen LogP contribution >= 0.6 is 0 Å². The van der Waals surface area contributed by atoms with Crippen LogP contribution in [0.2, 0.25) is 0 Å². The maximum absolute atomic E-state index is 12.3. The van der Waals surface area contributed by atoms with Gasteiger partial charge in [-0.05, 0) is 19.4 Å². The quantitative estimate of drug-likeness (QED) is 0.822. The normalized spacial score (nSPS) is 25.9. The number of hydrogen-bond donors (Lipinski definition) is 1. The Hall–Kier alpha value is -0.700. The topological polar surface area (TPSA) is 46.2 Å². The highest BCUT2D eigenvalue weighted by Crippen LogP contribution is 2.29. The third-order valence-electron chi connectivity index (χ3n) is 3.57. The fourth-order valence-electron chi connectivity index (χ4n) is 2.49. The maximum atomic E-state index is 12.3. The van der Waals surface area contributed by atoms with E-state index < -0.39 is 0 Å². The van der Waals surface area contributed by atoms with E-state index >= 15 is 0 Å². The average molecular weight is 253 g/mol. The zero-order valence-corrected chi connectivity index (χ0v) is 12.6. The molecule has 1 saturated heterocycles. The van der Waals surface area contributed by atoms with E-state index in [4.69, 9.17) is 0 Å². The second kappa shape index (κ2) is 5.12. The van der Waals surface area contributed by atoms with Gasteiger partial charge in [0, 0.05) is 16.7 Å². The smallest absolute Gasteiger partial charge is 0.155 e. The molecule has 0 aliphatic carbocycles. The highest BCUT2D eigenvalue weighted by atomic mass is 16.1. The van der Waals surface area contributed by atoms with Gasteiger partial charge in [-0.2, -0.15) is 0 Å². The van der Waals surface area contributed by atoms with E-state index in [2.05, 4.69) is 5.32 Å². The molecule has 1 heterocycles. The predicted octanol–water partition coefficient (Wildman–Crippen LogP) is 2.59. The highest BCUT2D eigenvalue weighted by molar-refractivity contribution is 5.91. The molecule has 0 unspecified atom stereocenters. The number of nitrogens with one attached hydrogen (secondary N) is 1. The van der Waals surface area contributed by atoms with Crippen LogP contribution in [-0.4, -0.2) is 24.2 Å². The first-order chi connectivity index (χ1) is 8.03. The minimum atomic E-state index is -0.343. The van der Waals surface area contributed by atoms with Crippen molar-refractivity contribution in [2.24, 2.45) is 16.7 Å². The first-order valence-corrected chi connectivity index (χ1v) is 6.85. The molecule has 3 nitrogen and oxygen atoms in total. The van der Waals surface area contributed by atoms with Crippen LogP contribution in [-0.2, 0) is 9.59 Å². The van der Waals surface area contributed by atoms with E-state index in [0.29, 0.717) is 6.42 Å². The first kappa shape index (κ1) is 15.4. The van der Waals surface area contributed by atoms with E-state index in [1.807, 2.05) is 41.5 Å². The van der Waals surface area contributed by atoms with Gasteiger partial charge in [0.05, 0.1) is 6.04 Å². The fraction of sp³-hybridized carbons (Fsp3) is 0.867. The van der Waals surface area contributed by atoms with Crippen LogP contribution in [0, 0.1) is 16.7 Å². The molecule has 0 amide bonds. The Morgan fingerprint density at radius 1 is 0.944 bits per heavy atom. The summed E-state index contributed by atoms with van der Waals surface area (Å²) < 4.78 is 0. The highest BCUT2D eigenvalue weighted by Gasteiger charge is 2.38. The van der Waals surface area contributed by atoms with Crippen molar-refractivity contribution in [1.29, 1.82) is 0 Å². The molecule has 1 N–H and O–H groups in total. The summed E-state index contributed by atoms with van der Waals surface area (Å²) in [6.45, 7) is 12.4. The van der Waals surface area contributed by atoms with Crippen molar-refractivity contribution in [3.8, 4) is 0 Å². The molecule has 3 heteroatoms. The summed E-state index contributed by atoms with van der Waals surface area (Å²) in [4.78, 5) is 24.6. The summed E-state index contributed by atoms with van der Waals surface area (Å²) in [5, 5.41) is 3.26.